The van der Waals surface area contributed by atoms with Crippen LogP contribution in [0.4, 0.5) is 5.69 Å². The van der Waals surface area contributed by atoms with E-state index in [1.165, 1.54) is 16.7 Å². The minimum absolute atomic E-state index is 0.836. The Morgan fingerprint density at radius 2 is 1.94 bits per heavy atom. The molecule has 0 saturated carbocycles. The van der Waals surface area contributed by atoms with E-state index in [0.717, 1.165) is 30.0 Å². The summed E-state index contributed by atoms with van der Waals surface area (Å²) in [4.78, 5) is 8.48. The summed E-state index contributed by atoms with van der Waals surface area (Å²) in [6.07, 6.45) is 8.48. The predicted molar refractivity (Wildman–Crippen MR) is 75.0 cm³/mol. The zero-order valence-corrected chi connectivity index (χ0v) is 10.7. The Bertz CT molecular complexity index is 591. The van der Waals surface area contributed by atoms with Crippen LogP contribution in [0.3, 0.4) is 0 Å². The van der Waals surface area contributed by atoms with Crippen molar-refractivity contribution in [3.63, 3.8) is 0 Å². The van der Waals surface area contributed by atoms with Crippen molar-refractivity contribution in [2.45, 2.75) is 19.3 Å². The highest BCUT2D eigenvalue weighted by Gasteiger charge is 2.14. The highest BCUT2D eigenvalue weighted by molar-refractivity contribution is 6.31. The first-order valence-electron chi connectivity index (χ1n) is 6.06. The third-order valence-corrected chi connectivity index (χ3v) is 3.59. The molecule has 1 aliphatic rings. The number of benzene rings is 1. The average Bonchev–Trinajstić information content (AvgIpc) is 2.43. The molecular weight excluding hydrogens is 244 g/mol. The molecule has 2 aromatic rings. The van der Waals surface area contributed by atoms with Crippen molar-refractivity contribution in [2.24, 2.45) is 4.99 Å². The maximum Gasteiger partial charge on any atom is 0.0661 e. The molecule has 1 aromatic carbocycles. The minimum atomic E-state index is 0.836. The second-order valence-electron chi connectivity index (χ2n) is 4.41. The van der Waals surface area contributed by atoms with Gasteiger partial charge < -0.3 is 0 Å². The first-order chi connectivity index (χ1) is 8.84. The molecule has 18 heavy (non-hydrogen) atoms. The van der Waals surface area contributed by atoms with Crippen molar-refractivity contribution in [1.29, 1.82) is 0 Å². The molecular formula is C15H13ClN2. The number of aromatic nitrogens is 1. The number of halogens is 1. The molecule has 0 bridgehead atoms. The van der Waals surface area contributed by atoms with Crippen LogP contribution in [0, 0.1) is 0 Å². The van der Waals surface area contributed by atoms with Crippen molar-refractivity contribution in [2.75, 3.05) is 0 Å². The summed E-state index contributed by atoms with van der Waals surface area (Å²) < 4.78 is 0. The molecule has 0 radical (unpaired) electrons. The third-order valence-electron chi connectivity index (χ3n) is 3.23. The van der Waals surface area contributed by atoms with Gasteiger partial charge in [0.2, 0.25) is 0 Å². The second kappa shape index (κ2) is 4.91. The minimum Gasteiger partial charge on any atom is -0.265 e. The summed E-state index contributed by atoms with van der Waals surface area (Å²) >= 11 is 6.34. The van der Waals surface area contributed by atoms with Crippen LogP contribution >= 0.6 is 11.6 Å². The van der Waals surface area contributed by atoms with E-state index in [4.69, 9.17) is 11.6 Å². The lowest BCUT2D eigenvalue weighted by Gasteiger charge is -2.16. The molecule has 90 valence electrons. The summed E-state index contributed by atoms with van der Waals surface area (Å²) in [5.74, 6) is 0. The Balaban J connectivity index is 2.04. The van der Waals surface area contributed by atoms with Crippen molar-refractivity contribution >= 4 is 23.5 Å². The molecule has 1 aliphatic heterocycles. The molecule has 0 fully saturated rings. The second-order valence-corrected chi connectivity index (χ2v) is 4.81. The van der Waals surface area contributed by atoms with Gasteiger partial charge in [0.05, 0.1) is 5.69 Å². The van der Waals surface area contributed by atoms with Gasteiger partial charge in [-0.25, -0.2) is 0 Å². The van der Waals surface area contributed by atoms with Gasteiger partial charge in [-0.3, -0.25) is 9.98 Å². The van der Waals surface area contributed by atoms with Gasteiger partial charge >= 0.3 is 0 Å². The number of fused-ring (bicyclic) bond motifs is 1. The summed E-state index contributed by atoms with van der Waals surface area (Å²) in [5.41, 5.74) is 4.79. The van der Waals surface area contributed by atoms with Crippen LogP contribution in [0.15, 0.2) is 41.7 Å². The standard InChI is InChI=1S/C15H13ClN2/c16-14-3-4-15-12(2-1-7-18-15)13(14)10-11-5-8-17-9-6-11/h3-9H,1-2,10H2. The van der Waals surface area contributed by atoms with Crippen LogP contribution in [-0.2, 0) is 12.8 Å². The molecule has 0 saturated heterocycles. The summed E-state index contributed by atoms with van der Waals surface area (Å²) in [6.45, 7) is 0. The quantitative estimate of drug-likeness (QED) is 0.798. The molecule has 2 nitrogen and oxygen atoms in total. The Kier molecular flexibility index (Phi) is 3.11. The Hall–Kier alpha value is -1.67. The van der Waals surface area contributed by atoms with E-state index < -0.39 is 0 Å². The molecule has 3 heteroatoms. The van der Waals surface area contributed by atoms with Crippen molar-refractivity contribution in [1.82, 2.24) is 4.98 Å². The van der Waals surface area contributed by atoms with Crippen molar-refractivity contribution < 1.29 is 0 Å². The lowest BCUT2D eigenvalue weighted by atomic mass is 9.94. The van der Waals surface area contributed by atoms with Crippen LogP contribution in [0.1, 0.15) is 23.1 Å². The van der Waals surface area contributed by atoms with Crippen LogP contribution in [-0.4, -0.2) is 11.2 Å². The smallest absolute Gasteiger partial charge is 0.0661 e. The summed E-state index contributed by atoms with van der Waals surface area (Å²) in [7, 11) is 0. The molecule has 2 heterocycles. The average molecular weight is 257 g/mol. The molecule has 1 aromatic heterocycles. The summed E-state index contributed by atoms with van der Waals surface area (Å²) in [5, 5.41) is 0.836. The maximum absolute atomic E-state index is 6.34. The van der Waals surface area contributed by atoms with Gasteiger partial charge in [0.1, 0.15) is 0 Å². The number of rotatable bonds is 2. The van der Waals surface area contributed by atoms with E-state index in [0.29, 0.717) is 0 Å². The monoisotopic (exact) mass is 256 g/mol. The fourth-order valence-electron chi connectivity index (χ4n) is 2.32. The maximum atomic E-state index is 6.34. The summed E-state index contributed by atoms with van der Waals surface area (Å²) in [6, 6.07) is 8.01. The van der Waals surface area contributed by atoms with E-state index in [2.05, 4.69) is 9.98 Å². The zero-order chi connectivity index (χ0) is 12.4. The predicted octanol–water partition coefficient (Wildman–Crippen LogP) is 3.97. The largest absolute Gasteiger partial charge is 0.265 e. The van der Waals surface area contributed by atoms with Gasteiger partial charge in [-0.1, -0.05) is 11.6 Å². The van der Waals surface area contributed by atoms with E-state index in [-0.39, 0.29) is 0 Å². The Morgan fingerprint density at radius 1 is 1.11 bits per heavy atom. The van der Waals surface area contributed by atoms with Gasteiger partial charge in [0, 0.05) is 23.6 Å². The highest BCUT2D eigenvalue weighted by Crippen LogP contribution is 2.33. The van der Waals surface area contributed by atoms with Gasteiger partial charge in [-0.15, -0.1) is 0 Å². The van der Waals surface area contributed by atoms with Gasteiger partial charge in [-0.05, 0) is 60.2 Å². The molecule has 0 unspecified atom stereocenters. The molecule has 0 spiro atoms. The van der Waals surface area contributed by atoms with E-state index in [1.54, 1.807) is 0 Å². The third kappa shape index (κ3) is 2.16. The zero-order valence-electron chi connectivity index (χ0n) is 9.94. The lowest BCUT2D eigenvalue weighted by Crippen LogP contribution is -2.01. The molecule has 0 atom stereocenters. The number of nitrogens with zero attached hydrogens (tertiary/aromatic N) is 2. The van der Waals surface area contributed by atoms with Crippen molar-refractivity contribution in [3.05, 3.63) is 58.4 Å². The SMILES string of the molecule is Clc1ccc2c(c1Cc1ccncc1)CCC=N2. The highest BCUT2D eigenvalue weighted by atomic mass is 35.5. The number of hydrogen-bond donors (Lipinski definition) is 0. The first-order valence-corrected chi connectivity index (χ1v) is 6.44. The van der Waals surface area contributed by atoms with E-state index in [1.807, 2.05) is 42.9 Å². The molecule has 3 rings (SSSR count). The van der Waals surface area contributed by atoms with Crippen LogP contribution in [0.2, 0.25) is 5.02 Å². The van der Waals surface area contributed by atoms with Crippen molar-refractivity contribution in [3.8, 4) is 0 Å². The van der Waals surface area contributed by atoms with E-state index >= 15 is 0 Å². The first kappa shape index (κ1) is 11.4. The fourth-order valence-corrected chi connectivity index (χ4v) is 2.56. The number of pyridine rings is 1. The number of aliphatic imine (C=N–C) groups is 1. The van der Waals surface area contributed by atoms with Crippen LogP contribution in [0.5, 0.6) is 0 Å². The van der Waals surface area contributed by atoms with Crippen LogP contribution in [0.25, 0.3) is 0 Å². The molecule has 0 N–H and O–H groups in total. The molecule has 0 amide bonds. The number of hydrogen-bond acceptors (Lipinski definition) is 2. The van der Waals surface area contributed by atoms with E-state index in [9.17, 15) is 0 Å². The Morgan fingerprint density at radius 3 is 2.78 bits per heavy atom. The van der Waals surface area contributed by atoms with Crippen LogP contribution < -0.4 is 0 Å². The lowest BCUT2D eigenvalue weighted by molar-refractivity contribution is 0.987. The fraction of sp³-hybridized carbons (Fsp3) is 0.200. The van der Waals surface area contributed by atoms with Gasteiger partial charge in [-0.2, -0.15) is 0 Å². The topological polar surface area (TPSA) is 25.2 Å². The Labute approximate surface area is 111 Å². The molecule has 0 aliphatic carbocycles. The van der Waals surface area contributed by atoms with Gasteiger partial charge in [0.25, 0.3) is 0 Å². The van der Waals surface area contributed by atoms with Gasteiger partial charge in [0.15, 0.2) is 0 Å². The normalized spacial score (nSPS) is 13.4.